The van der Waals surface area contributed by atoms with Gasteiger partial charge in [-0.25, -0.2) is 0 Å². The predicted molar refractivity (Wildman–Crippen MR) is 68.2 cm³/mol. The molecule has 1 aliphatic rings. The van der Waals surface area contributed by atoms with Gasteiger partial charge in [0, 0.05) is 12.5 Å². The van der Waals surface area contributed by atoms with E-state index in [-0.39, 0.29) is 18.4 Å². The molecule has 0 amide bonds. The molecular weight excluding hydrogens is 239 g/mol. The van der Waals surface area contributed by atoms with E-state index >= 15 is 0 Å². The Kier molecular flexibility index (Phi) is 5.10. The molecule has 0 spiro atoms. The third kappa shape index (κ3) is 5.17. The van der Waals surface area contributed by atoms with E-state index in [0.717, 1.165) is 25.7 Å². The van der Waals surface area contributed by atoms with Crippen molar-refractivity contribution in [3.05, 3.63) is 0 Å². The molecular formula is C14H26F3N. The molecule has 4 heteroatoms. The number of alkyl halides is 3. The molecule has 18 heavy (non-hydrogen) atoms. The summed E-state index contributed by atoms with van der Waals surface area (Å²) < 4.78 is 36.4. The zero-order valence-corrected chi connectivity index (χ0v) is 11.7. The lowest BCUT2D eigenvalue weighted by Crippen LogP contribution is -2.36. The Bertz CT molecular complexity index is 247. The summed E-state index contributed by atoms with van der Waals surface area (Å²) in [5, 5.41) is 0. The van der Waals surface area contributed by atoms with Gasteiger partial charge in [-0.2, -0.15) is 13.2 Å². The van der Waals surface area contributed by atoms with E-state index in [1.807, 2.05) is 0 Å². The van der Waals surface area contributed by atoms with E-state index in [9.17, 15) is 13.2 Å². The number of rotatable bonds is 3. The van der Waals surface area contributed by atoms with E-state index in [2.05, 4.69) is 20.8 Å². The third-order valence-electron chi connectivity index (χ3n) is 4.36. The predicted octanol–water partition coefficient (Wildman–Crippen LogP) is 4.51. The second-order valence-corrected chi connectivity index (χ2v) is 6.80. The van der Waals surface area contributed by atoms with Gasteiger partial charge < -0.3 is 5.73 Å². The highest BCUT2D eigenvalue weighted by Crippen LogP contribution is 2.41. The van der Waals surface area contributed by atoms with E-state index in [0.29, 0.717) is 11.3 Å². The summed E-state index contributed by atoms with van der Waals surface area (Å²) in [5.41, 5.74) is 6.22. The van der Waals surface area contributed by atoms with Gasteiger partial charge in [0.05, 0.1) is 0 Å². The second-order valence-electron chi connectivity index (χ2n) is 6.80. The molecule has 1 saturated carbocycles. The topological polar surface area (TPSA) is 26.0 Å². The molecule has 1 unspecified atom stereocenters. The van der Waals surface area contributed by atoms with Crippen molar-refractivity contribution in [1.82, 2.24) is 0 Å². The Morgan fingerprint density at radius 3 is 1.94 bits per heavy atom. The average Bonchev–Trinajstić information content (AvgIpc) is 2.24. The van der Waals surface area contributed by atoms with Crippen molar-refractivity contribution in [2.45, 2.75) is 71.5 Å². The molecule has 0 saturated heterocycles. The molecule has 2 N–H and O–H groups in total. The molecule has 1 rings (SSSR count). The lowest BCUT2D eigenvalue weighted by Gasteiger charge is -2.38. The van der Waals surface area contributed by atoms with Gasteiger partial charge in [0.25, 0.3) is 0 Å². The standard InChI is InChI=1S/C14H26F3N/c1-13(2,3)11-6-4-10(5-7-11)12(18)8-9-14(15,16)17/h10-12H,4-9,18H2,1-3H3. The Labute approximate surface area is 108 Å². The smallest absolute Gasteiger partial charge is 0.327 e. The Balaban J connectivity index is 2.34. The Morgan fingerprint density at radius 1 is 1.06 bits per heavy atom. The first-order chi connectivity index (χ1) is 8.09. The molecule has 0 heterocycles. The van der Waals surface area contributed by atoms with Crippen molar-refractivity contribution < 1.29 is 13.2 Å². The van der Waals surface area contributed by atoms with Crippen molar-refractivity contribution in [3.63, 3.8) is 0 Å². The first-order valence-electron chi connectivity index (χ1n) is 6.92. The van der Waals surface area contributed by atoms with Gasteiger partial charge in [0.1, 0.15) is 0 Å². The largest absolute Gasteiger partial charge is 0.389 e. The summed E-state index contributed by atoms with van der Waals surface area (Å²) >= 11 is 0. The van der Waals surface area contributed by atoms with E-state index in [1.54, 1.807) is 0 Å². The SMILES string of the molecule is CC(C)(C)C1CCC(C(N)CCC(F)(F)F)CC1. The minimum absolute atomic E-state index is 0.0777. The Morgan fingerprint density at radius 2 is 1.56 bits per heavy atom. The molecule has 1 fully saturated rings. The van der Waals surface area contributed by atoms with Crippen LogP contribution in [-0.4, -0.2) is 12.2 Å². The van der Waals surface area contributed by atoms with Crippen LogP contribution in [0.1, 0.15) is 59.3 Å². The van der Waals surface area contributed by atoms with Crippen molar-refractivity contribution in [1.29, 1.82) is 0 Å². The maximum atomic E-state index is 12.1. The maximum Gasteiger partial charge on any atom is 0.389 e. The van der Waals surface area contributed by atoms with Gasteiger partial charge in [-0.05, 0) is 49.4 Å². The summed E-state index contributed by atoms with van der Waals surface area (Å²) in [6, 6.07) is -0.285. The Hall–Kier alpha value is -0.250. The van der Waals surface area contributed by atoms with E-state index in [4.69, 9.17) is 5.73 Å². The quantitative estimate of drug-likeness (QED) is 0.798. The monoisotopic (exact) mass is 265 g/mol. The number of hydrogen-bond acceptors (Lipinski definition) is 1. The van der Waals surface area contributed by atoms with Crippen LogP contribution in [0.4, 0.5) is 13.2 Å². The zero-order valence-electron chi connectivity index (χ0n) is 11.7. The van der Waals surface area contributed by atoms with Crippen LogP contribution in [0.2, 0.25) is 0 Å². The van der Waals surface area contributed by atoms with Crippen molar-refractivity contribution >= 4 is 0 Å². The van der Waals surface area contributed by atoms with Crippen LogP contribution in [0.15, 0.2) is 0 Å². The molecule has 0 aromatic rings. The van der Waals surface area contributed by atoms with Gasteiger partial charge in [0.2, 0.25) is 0 Å². The lowest BCUT2D eigenvalue weighted by atomic mass is 9.68. The van der Waals surface area contributed by atoms with E-state index in [1.165, 1.54) is 0 Å². The molecule has 0 bridgehead atoms. The van der Waals surface area contributed by atoms with Gasteiger partial charge in [-0.15, -0.1) is 0 Å². The van der Waals surface area contributed by atoms with E-state index < -0.39 is 12.6 Å². The molecule has 0 radical (unpaired) electrons. The minimum atomic E-state index is -4.07. The lowest BCUT2D eigenvalue weighted by molar-refractivity contribution is -0.137. The van der Waals surface area contributed by atoms with Gasteiger partial charge in [0.15, 0.2) is 0 Å². The van der Waals surface area contributed by atoms with Crippen LogP contribution < -0.4 is 5.73 Å². The fourth-order valence-electron chi connectivity index (χ4n) is 2.98. The highest BCUT2D eigenvalue weighted by Gasteiger charge is 2.33. The van der Waals surface area contributed by atoms with Crippen molar-refractivity contribution in [3.8, 4) is 0 Å². The molecule has 1 aliphatic carbocycles. The van der Waals surface area contributed by atoms with Crippen LogP contribution >= 0.6 is 0 Å². The van der Waals surface area contributed by atoms with Gasteiger partial charge in [-0.3, -0.25) is 0 Å². The molecule has 1 nitrogen and oxygen atoms in total. The number of halogens is 3. The molecule has 0 aliphatic heterocycles. The normalized spacial score (nSPS) is 28.2. The summed E-state index contributed by atoms with van der Waals surface area (Å²) in [7, 11) is 0. The highest BCUT2D eigenvalue weighted by molar-refractivity contribution is 4.84. The molecule has 1 atom stereocenters. The molecule has 0 aromatic carbocycles. The zero-order chi connectivity index (χ0) is 14.0. The maximum absolute atomic E-state index is 12.1. The fraction of sp³-hybridized carbons (Fsp3) is 1.00. The van der Waals surface area contributed by atoms with Crippen molar-refractivity contribution in [2.75, 3.05) is 0 Å². The first-order valence-corrected chi connectivity index (χ1v) is 6.92. The van der Waals surface area contributed by atoms with Crippen LogP contribution in [0.3, 0.4) is 0 Å². The fourth-order valence-corrected chi connectivity index (χ4v) is 2.98. The van der Waals surface area contributed by atoms with Crippen LogP contribution in [-0.2, 0) is 0 Å². The number of nitrogens with two attached hydrogens (primary N) is 1. The van der Waals surface area contributed by atoms with Gasteiger partial charge >= 0.3 is 6.18 Å². The molecule has 0 aromatic heterocycles. The highest BCUT2D eigenvalue weighted by atomic mass is 19.4. The third-order valence-corrected chi connectivity index (χ3v) is 4.36. The van der Waals surface area contributed by atoms with Crippen LogP contribution in [0.25, 0.3) is 0 Å². The summed E-state index contributed by atoms with van der Waals surface area (Å²) in [4.78, 5) is 0. The minimum Gasteiger partial charge on any atom is -0.327 e. The summed E-state index contributed by atoms with van der Waals surface area (Å²) in [5.74, 6) is 0.967. The first kappa shape index (κ1) is 15.8. The van der Waals surface area contributed by atoms with Crippen LogP contribution in [0.5, 0.6) is 0 Å². The summed E-state index contributed by atoms with van der Waals surface area (Å²) in [6.07, 6.45) is -0.550. The second kappa shape index (κ2) is 5.81. The summed E-state index contributed by atoms with van der Waals surface area (Å²) in [6.45, 7) is 6.71. The number of hydrogen-bond donors (Lipinski definition) is 1. The molecule has 108 valence electrons. The van der Waals surface area contributed by atoms with Crippen LogP contribution in [0, 0.1) is 17.3 Å². The average molecular weight is 265 g/mol. The van der Waals surface area contributed by atoms with Crippen molar-refractivity contribution in [2.24, 2.45) is 23.0 Å². The van der Waals surface area contributed by atoms with Gasteiger partial charge in [-0.1, -0.05) is 20.8 Å².